The molecule has 1 atom stereocenters. The highest BCUT2D eigenvalue weighted by Crippen LogP contribution is 2.39. The lowest BCUT2D eigenvalue weighted by molar-refractivity contribution is -0.144. The summed E-state index contributed by atoms with van der Waals surface area (Å²) < 4.78 is 0. The molecule has 6 heteroatoms. The molecule has 0 heterocycles. The smallest absolute Gasteiger partial charge is 0.329 e. The lowest BCUT2D eigenvalue weighted by atomic mass is 9.95. The number of nitrogens with one attached hydrogen (secondary N) is 1. The maximum absolute atomic E-state index is 12.1. The number of amides is 2. The van der Waals surface area contributed by atoms with Gasteiger partial charge in [0.2, 0.25) is 5.91 Å². The molecule has 1 aliphatic rings. The second-order valence-electron chi connectivity index (χ2n) is 5.18. The number of benzene rings is 1. The van der Waals surface area contributed by atoms with Crippen molar-refractivity contribution in [2.45, 2.75) is 25.3 Å². The number of primary amides is 1. The van der Waals surface area contributed by atoms with Crippen LogP contribution in [0.5, 0.6) is 0 Å². The number of rotatable bonds is 5. The van der Waals surface area contributed by atoms with E-state index in [-0.39, 0.29) is 5.92 Å². The molecule has 6 nitrogen and oxygen atoms in total. The second-order valence-corrected chi connectivity index (χ2v) is 5.18. The summed E-state index contributed by atoms with van der Waals surface area (Å²) in [5.74, 6) is -2.13. The molecule has 0 aromatic heterocycles. The van der Waals surface area contributed by atoms with Gasteiger partial charge in [-0.15, -0.1) is 0 Å². The molecule has 1 unspecified atom stereocenters. The third-order valence-electron chi connectivity index (χ3n) is 3.64. The maximum atomic E-state index is 12.1. The summed E-state index contributed by atoms with van der Waals surface area (Å²) in [4.78, 5) is 34.4. The fourth-order valence-electron chi connectivity index (χ4n) is 2.08. The van der Waals surface area contributed by atoms with Gasteiger partial charge in [-0.25, -0.2) is 4.79 Å². The van der Waals surface area contributed by atoms with Gasteiger partial charge in [0.05, 0.1) is 0 Å². The van der Waals surface area contributed by atoms with Crippen molar-refractivity contribution in [1.29, 1.82) is 0 Å². The minimum absolute atomic E-state index is 0.0335. The molecule has 4 N–H and O–H groups in total. The lowest BCUT2D eigenvalue weighted by Gasteiger charge is -2.26. The Kier molecular flexibility index (Phi) is 3.48. The van der Waals surface area contributed by atoms with E-state index < -0.39 is 23.3 Å². The molecule has 0 aliphatic heterocycles. The normalized spacial score (nSPS) is 17.1. The molecule has 106 valence electrons. The molecule has 2 amide bonds. The molecular weight excluding hydrogens is 260 g/mol. The number of aliphatic carboxylic acids is 1. The predicted octanol–water partition coefficient (Wildman–Crippen LogP) is 0.769. The zero-order valence-corrected chi connectivity index (χ0v) is 11.1. The van der Waals surface area contributed by atoms with Crippen LogP contribution in [0, 0.1) is 5.92 Å². The summed E-state index contributed by atoms with van der Waals surface area (Å²) in [5, 5.41) is 11.8. The van der Waals surface area contributed by atoms with Crippen LogP contribution in [0.25, 0.3) is 0 Å². The Balaban J connectivity index is 2.15. The van der Waals surface area contributed by atoms with E-state index in [0.29, 0.717) is 11.1 Å². The van der Waals surface area contributed by atoms with Gasteiger partial charge in [-0.05, 0) is 49.9 Å². The van der Waals surface area contributed by atoms with E-state index >= 15 is 0 Å². The highest BCUT2D eigenvalue weighted by atomic mass is 16.4. The Morgan fingerprint density at radius 2 is 1.70 bits per heavy atom. The van der Waals surface area contributed by atoms with Crippen molar-refractivity contribution in [3.05, 3.63) is 35.4 Å². The fraction of sp³-hybridized carbons (Fsp3) is 0.357. The van der Waals surface area contributed by atoms with E-state index in [4.69, 9.17) is 5.73 Å². The van der Waals surface area contributed by atoms with Gasteiger partial charge < -0.3 is 16.2 Å². The zero-order valence-electron chi connectivity index (χ0n) is 11.1. The van der Waals surface area contributed by atoms with Gasteiger partial charge in [0.25, 0.3) is 5.91 Å². The van der Waals surface area contributed by atoms with Crippen molar-refractivity contribution >= 4 is 17.8 Å². The first-order chi connectivity index (χ1) is 9.34. The van der Waals surface area contributed by atoms with Crippen LogP contribution in [-0.2, 0) is 4.79 Å². The summed E-state index contributed by atoms with van der Waals surface area (Å²) in [6.07, 6.45) is 1.59. The van der Waals surface area contributed by atoms with Crippen LogP contribution in [0.4, 0.5) is 0 Å². The number of carbonyl (C=O) groups excluding carboxylic acids is 2. The van der Waals surface area contributed by atoms with E-state index in [1.165, 1.54) is 31.2 Å². The monoisotopic (exact) mass is 276 g/mol. The predicted molar refractivity (Wildman–Crippen MR) is 71.2 cm³/mol. The number of carbonyl (C=O) groups is 3. The molecule has 0 saturated heterocycles. The van der Waals surface area contributed by atoms with Crippen LogP contribution in [0.15, 0.2) is 24.3 Å². The van der Waals surface area contributed by atoms with Crippen molar-refractivity contribution < 1.29 is 19.5 Å². The number of carboxylic acid groups (broad SMARTS) is 1. The molecule has 0 bridgehead atoms. The third-order valence-corrected chi connectivity index (χ3v) is 3.64. The fourth-order valence-corrected chi connectivity index (χ4v) is 2.08. The van der Waals surface area contributed by atoms with E-state index in [0.717, 1.165) is 12.8 Å². The van der Waals surface area contributed by atoms with Crippen LogP contribution >= 0.6 is 0 Å². The first-order valence-electron chi connectivity index (χ1n) is 6.30. The van der Waals surface area contributed by atoms with Crippen molar-refractivity contribution in [3.8, 4) is 0 Å². The largest absolute Gasteiger partial charge is 0.480 e. The summed E-state index contributed by atoms with van der Waals surface area (Å²) >= 11 is 0. The van der Waals surface area contributed by atoms with E-state index in [1.807, 2.05) is 0 Å². The first-order valence-corrected chi connectivity index (χ1v) is 6.30. The minimum atomic E-state index is -1.25. The Hall–Kier alpha value is -2.37. The summed E-state index contributed by atoms with van der Waals surface area (Å²) in [6.45, 7) is 1.52. The second kappa shape index (κ2) is 4.96. The van der Waals surface area contributed by atoms with Gasteiger partial charge >= 0.3 is 5.97 Å². The average Bonchev–Trinajstić information content (AvgIpc) is 3.23. The number of hydrogen-bond acceptors (Lipinski definition) is 3. The molecule has 0 radical (unpaired) electrons. The SMILES string of the molecule is CC(NC(=O)c1ccc(C(N)=O)cc1)(C(=O)O)C1CC1. The lowest BCUT2D eigenvalue weighted by Crippen LogP contribution is -2.54. The Morgan fingerprint density at radius 3 is 2.10 bits per heavy atom. The molecule has 1 aliphatic carbocycles. The van der Waals surface area contributed by atoms with Gasteiger partial charge in [0, 0.05) is 11.1 Å². The third kappa shape index (κ3) is 2.64. The van der Waals surface area contributed by atoms with Crippen LogP contribution in [0.3, 0.4) is 0 Å². The molecule has 1 saturated carbocycles. The van der Waals surface area contributed by atoms with Gasteiger partial charge in [-0.1, -0.05) is 0 Å². The summed E-state index contributed by atoms with van der Waals surface area (Å²) in [5.41, 5.74) is 4.45. The number of nitrogens with two attached hydrogens (primary N) is 1. The highest BCUT2D eigenvalue weighted by Gasteiger charge is 2.48. The van der Waals surface area contributed by atoms with E-state index in [1.54, 1.807) is 0 Å². The van der Waals surface area contributed by atoms with Crippen molar-refractivity contribution in [1.82, 2.24) is 5.32 Å². The highest BCUT2D eigenvalue weighted by molar-refractivity contribution is 5.99. The first kappa shape index (κ1) is 14.0. The van der Waals surface area contributed by atoms with E-state index in [9.17, 15) is 19.5 Å². The maximum Gasteiger partial charge on any atom is 0.329 e. The molecule has 1 aromatic carbocycles. The minimum Gasteiger partial charge on any atom is -0.480 e. The standard InChI is InChI=1S/C14H16N2O4/c1-14(13(19)20,10-6-7-10)16-12(18)9-4-2-8(3-5-9)11(15)17/h2-5,10H,6-7H2,1H3,(H2,15,17)(H,16,18)(H,19,20). The summed E-state index contributed by atoms with van der Waals surface area (Å²) in [7, 11) is 0. The molecule has 1 aromatic rings. The molecule has 2 rings (SSSR count). The van der Waals surface area contributed by atoms with Crippen LogP contribution in [0.2, 0.25) is 0 Å². The molecule has 20 heavy (non-hydrogen) atoms. The topological polar surface area (TPSA) is 109 Å². The van der Waals surface area contributed by atoms with Crippen molar-refractivity contribution in [3.63, 3.8) is 0 Å². The van der Waals surface area contributed by atoms with Gasteiger partial charge in [0.1, 0.15) is 5.54 Å². The number of carboxylic acids is 1. The van der Waals surface area contributed by atoms with E-state index in [2.05, 4.69) is 5.32 Å². The van der Waals surface area contributed by atoms with Gasteiger partial charge in [-0.2, -0.15) is 0 Å². The van der Waals surface area contributed by atoms with Crippen molar-refractivity contribution in [2.24, 2.45) is 11.7 Å². The molecule has 0 spiro atoms. The number of hydrogen-bond donors (Lipinski definition) is 3. The zero-order chi connectivity index (χ0) is 14.9. The Labute approximate surface area is 116 Å². The van der Waals surface area contributed by atoms with Crippen LogP contribution in [-0.4, -0.2) is 28.4 Å². The molecule has 1 fully saturated rings. The van der Waals surface area contributed by atoms with Crippen molar-refractivity contribution in [2.75, 3.05) is 0 Å². The average molecular weight is 276 g/mol. The molecular formula is C14H16N2O4. The Bertz CT molecular complexity index is 563. The Morgan fingerprint density at radius 1 is 1.20 bits per heavy atom. The van der Waals surface area contributed by atoms with Crippen LogP contribution in [0.1, 0.15) is 40.5 Å². The quantitative estimate of drug-likeness (QED) is 0.737. The van der Waals surface area contributed by atoms with Crippen LogP contribution < -0.4 is 11.1 Å². The van der Waals surface area contributed by atoms with Gasteiger partial charge in [0.15, 0.2) is 0 Å². The summed E-state index contributed by atoms with van der Waals surface area (Å²) in [6, 6.07) is 5.77. The van der Waals surface area contributed by atoms with Gasteiger partial charge in [-0.3, -0.25) is 9.59 Å².